The number of carboxylic acid groups (broad SMARTS) is 1. The zero-order valence-corrected chi connectivity index (χ0v) is 7.47. The van der Waals surface area contributed by atoms with Crippen molar-refractivity contribution in [1.29, 1.82) is 0 Å². The maximum absolute atomic E-state index is 10.6. The quantitative estimate of drug-likeness (QED) is 0.773. The minimum absolute atomic E-state index is 0.0576. The van der Waals surface area contributed by atoms with Gasteiger partial charge in [-0.25, -0.2) is 4.79 Å². The lowest BCUT2D eigenvalue weighted by atomic mass is 10.1. The normalized spacial score (nSPS) is 21.0. The van der Waals surface area contributed by atoms with Crippen LogP contribution in [-0.4, -0.2) is 24.5 Å². The Kier molecular flexibility index (Phi) is 2.47. The first-order chi connectivity index (χ1) is 6.77. The van der Waals surface area contributed by atoms with Crippen LogP contribution < -0.4 is 0 Å². The number of hydrogen-bond donors (Lipinski definition) is 1. The van der Waals surface area contributed by atoms with Crippen LogP contribution in [0.4, 0.5) is 0 Å². The second-order valence-electron chi connectivity index (χ2n) is 3.07. The Morgan fingerprint density at radius 3 is 2.57 bits per heavy atom. The standard InChI is InChI=1S/C10H10O4/c11-10(12)8-3-1-7(2-4-8)9-5-13-6-14-9/h1-4,9H,5-6H2,(H,11,12). The van der Waals surface area contributed by atoms with Crippen molar-refractivity contribution in [3.05, 3.63) is 35.4 Å². The zero-order valence-electron chi connectivity index (χ0n) is 7.47. The third-order valence-corrected chi connectivity index (χ3v) is 2.15. The minimum Gasteiger partial charge on any atom is -0.478 e. The molecule has 0 saturated carbocycles. The van der Waals surface area contributed by atoms with Crippen LogP contribution in [0.25, 0.3) is 0 Å². The highest BCUT2D eigenvalue weighted by atomic mass is 16.7. The Balaban J connectivity index is 2.16. The molecule has 1 fully saturated rings. The molecule has 0 amide bonds. The van der Waals surface area contributed by atoms with Gasteiger partial charge in [0.2, 0.25) is 0 Å². The zero-order chi connectivity index (χ0) is 9.97. The van der Waals surface area contributed by atoms with E-state index in [1.807, 2.05) is 0 Å². The summed E-state index contributed by atoms with van der Waals surface area (Å²) in [7, 11) is 0. The molecule has 4 heteroatoms. The van der Waals surface area contributed by atoms with E-state index in [2.05, 4.69) is 0 Å². The van der Waals surface area contributed by atoms with E-state index in [1.165, 1.54) is 0 Å². The second kappa shape index (κ2) is 3.77. The molecule has 1 aromatic carbocycles. The lowest BCUT2D eigenvalue weighted by Crippen LogP contribution is -2.01. The molecular weight excluding hydrogens is 184 g/mol. The van der Waals surface area contributed by atoms with E-state index in [0.717, 1.165) is 5.56 Å². The molecule has 1 saturated heterocycles. The topological polar surface area (TPSA) is 55.8 Å². The molecule has 74 valence electrons. The van der Waals surface area contributed by atoms with Gasteiger partial charge in [0.15, 0.2) is 0 Å². The van der Waals surface area contributed by atoms with E-state index in [4.69, 9.17) is 14.6 Å². The molecule has 0 spiro atoms. The van der Waals surface area contributed by atoms with Crippen LogP contribution in [0.3, 0.4) is 0 Å². The Morgan fingerprint density at radius 1 is 1.36 bits per heavy atom. The number of rotatable bonds is 2. The monoisotopic (exact) mass is 194 g/mol. The Morgan fingerprint density at radius 2 is 2.07 bits per heavy atom. The van der Waals surface area contributed by atoms with Gasteiger partial charge in [-0.05, 0) is 17.7 Å². The largest absolute Gasteiger partial charge is 0.478 e. The maximum Gasteiger partial charge on any atom is 0.335 e. The molecule has 1 unspecified atom stereocenters. The summed E-state index contributed by atoms with van der Waals surface area (Å²) in [5, 5.41) is 8.69. The van der Waals surface area contributed by atoms with Crippen LogP contribution in [0.5, 0.6) is 0 Å². The molecule has 1 atom stereocenters. The van der Waals surface area contributed by atoms with Gasteiger partial charge in [0.1, 0.15) is 12.9 Å². The summed E-state index contributed by atoms with van der Waals surface area (Å²) in [6.45, 7) is 0.845. The van der Waals surface area contributed by atoms with Gasteiger partial charge in [-0.15, -0.1) is 0 Å². The predicted octanol–water partition coefficient (Wildman–Crippen LogP) is 1.43. The molecule has 1 aromatic rings. The summed E-state index contributed by atoms with van der Waals surface area (Å²) in [5.41, 5.74) is 1.24. The van der Waals surface area contributed by atoms with Crippen molar-refractivity contribution in [3.63, 3.8) is 0 Å². The Labute approximate surface area is 81.1 Å². The first-order valence-corrected chi connectivity index (χ1v) is 4.30. The molecule has 0 bridgehead atoms. The number of aromatic carboxylic acids is 1. The van der Waals surface area contributed by atoms with Crippen LogP contribution in [-0.2, 0) is 9.47 Å². The predicted molar refractivity (Wildman–Crippen MR) is 48.0 cm³/mol. The van der Waals surface area contributed by atoms with Crippen LogP contribution in [0.2, 0.25) is 0 Å². The number of hydrogen-bond acceptors (Lipinski definition) is 3. The van der Waals surface area contributed by atoms with Crippen LogP contribution in [0.1, 0.15) is 22.0 Å². The molecule has 4 nitrogen and oxygen atoms in total. The molecule has 1 heterocycles. The summed E-state index contributed by atoms with van der Waals surface area (Å²) < 4.78 is 10.3. The van der Waals surface area contributed by atoms with Gasteiger partial charge >= 0.3 is 5.97 Å². The van der Waals surface area contributed by atoms with Crippen molar-refractivity contribution in [1.82, 2.24) is 0 Å². The summed E-state index contributed by atoms with van der Waals surface area (Å²) in [6, 6.07) is 6.64. The van der Waals surface area contributed by atoms with Gasteiger partial charge < -0.3 is 14.6 Å². The minimum atomic E-state index is -0.917. The highest BCUT2D eigenvalue weighted by Gasteiger charge is 2.18. The molecule has 0 radical (unpaired) electrons. The fourth-order valence-corrected chi connectivity index (χ4v) is 1.37. The summed E-state index contributed by atoms with van der Waals surface area (Å²) in [6.07, 6.45) is -0.0576. The first-order valence-electron chi connectivity index (χ1n) is 4.30. The first kappa shape index (κ1) is 9.18. The number of carboxylic acids is 1. The van der Waals surface area contributed by atoms with Crippen molar-refractivity contribution in [2.45, 2.75) is 6.10 Å². The summed E-state index contributed by atoms with van der Waals surface area (Å²) in [4.78, 5) is 10.6. The van der Waals surface area contributed by atoms with E-state index in [9.17, 15) is 4.79 Å². The number of carbonyl (C=O) groups is 1. The summed E-state index contributed by atoms with van der Waals surface area (Å²) >= 11 is 0. The average Bonchev–Trinajstić information content (AvgIpc) is 2.71. The second-order valence-corrected chi connectivity index (χ2v) is 3.07. The van der Waals surface area contributed by atoms with Crippen molar-refractivity contribution < 1.29 is 19.4 Å². The molecule has 1 aliphatic rings. The Bertz CT molecular complexity index is 324. The molecule has 0 aromatic heterocycles. The maximum atomic E-state index is 10.6. The molecule has 0 aliphatic carbocycles. The van der Waals surface area contributed by atoms with E-state index >= 15 is 0 Å². The molecule has 2 rings (SSSR count). The van der Waals surface area contributed by atoms with Crippen molar-refractivity contribution >= 4 is 5.97 Å². The lowest BCUT2D eigenvalue weighted by Gasteiger charge is -2.07. The Hall–Kier alpha value is -1.39. The van der Waals surface area contributed by atoms with E-state index in [0.29, 0.717) is 13.4 Å². The highest BCUT2D eigenvalue weighted by Crippen LogP contribution is 2.22. The SMILES string of the molecule is O=C(O)c1ccc(C2COCO2)cc1. The lowest BCUT2D eigenvalue weighted by molar-refractivity contribution is 0.0465. The third kappa shape index (κ3) is 1.76. The van der Waals surface area contributed by atoms with Crippen molar-refractivity contribution in [2.75, 3.05) is 13.4 Å². The van der Waals surface area contributed by atoms with Gasteiger partial charge in [0, 0.05) is 0 Å². The van der Waals surface area contributed by atoms with E-state index in [1.54, 1.807) is 24.3 Å². The summed E-state index contributed by atoms with van der Waals surface area (Å²) in [5.74, 6) is -0.917. The fraction of sp³-hybridized carbons (Fsp3) is 0.300. The van der Waals surface area contributed by atoms with Gasteiger partial charge in [0.25, 0.3) is 0 Å². The van der Waals surface area contributed by atoms with Gasteiger partial charge in [0.05, 0.1) is 12.2 Å². The van der Waals surface area contributed by atoms with Crippen molar-refractivity contribution in [3.8, 4) is 0 Å². The molecule has 1 aliphatic heterocycles. The molecule has 14 heavy (non-hydrogen) atoms. The highest BCUT2D eigenvalue weighted by molar-refractivity contribution is 5.87. The third-order valence-electron chi connectivity index (χ3n) is 2.15. The van der Waals surface area contributed by atoms with Crippen LogP contribution in [0.15, 0.2) is 24.3 Å². The average molecular weight is 194 g/mol. The van der Waals surface area contributed by atoms with Crippen LogP contribution in [0, 0.1) is 0 Å². The molecule has 1 N–H and O–H groups in total. The van der Waals surface area contributed by atoms with Crippen molar-refractivity contribution in [2.24, 2.45) is 0 Å². The van der Waals surface area contributed by atoms with Gasteiger partial charge in [-0.3, -0.25) is 0 Å². The number of benzene rings is 1. The number of ether oxygens (including phenoxy) is 2. The fourth-order valence-electron chi connectivity index (χ4n) is 1.37. The van der Waals surface area contributed by atoms with E-state index in [-0.39, 0.29) is 11.7 Å². The van der Waals surface area contributed by atoms with Gasteiger partial charge in [-0.1, -0.05) is 12.1 Å². The van der Waals surface area contributed by atoms with Crippen LogP contribution >= 0.6 is 0 Å². The molecular formula is C10H10O4. The van der Waals surface area contributed by atoms with Gasteiger partial charge in [-0.2, -0.15) is 0 Å². The van der Waals surface area contributed by atoms with E-state index < -0.39 is 5.97 Å². The smallest absolute Gasteiger partial charge is 0.335 e.